The molecule has 140 valence electrons. The zero-order valence-corrected chi connectivity index (χ0v) is 15.4. The van der Waals surface area contributed by atoms with Crippen LogP contribution < -0.4 is 15.5 Å². The van der Waals surface area contributed by atoms with Gasteiger partial charge in [-0.2, -0.15) is 5.10 Å². The second-order valence-corrected chi connectivity index (χ2v) is 6.93. The third-order valence-corrected chi connectivity index (χ3v) is 4.41. The van der Waals surface area contributed by atoms with Gasteiger partial charge in [0.25, 0.3) is 11.8 Å². The maximum atomic E-state index is 12.4. The molecule has 0 aliphatic carbocycles. The standard InChI is InChI=1S/C21H18N4O3/c1-21(2)20(27)24-17-11-15(6-8-18(17)28-21)19(26)25-23-12-13-5-7-16-14(10-13)4-3-9-22-16/h3-12H,1-2H3,(H,24,27)(H,25,26)/b23-12+. The number of anilines is 1. The van der Waals surface area contributed by atoms with Crippen LogP contribution in [0.2, 0.25) is 0 Å². The molecule has 4 rings (SSSR count). The molecule has 1 aromatic heterocycles. The zero-order chi connectivity index (χ0) is 19.7. The summed E-state index contributed by atoms with van der Waals surface area (Å²) < 4.78 is 5.66. The minimum absolute atomic E-state index is 0.263. The monoisotopic (exact) mass is 374 g/mol. The van der Waals surface area contributed by atoms with Gasteiger partial charge in [0.05, 0.1) is 17.4 Å². The van der Waals surface area contributed by atoms with E-state index in [1.165, 1.54) is 0 Å². The molecule has 2 N–H and O–H groups in total. The zero-order valence-electron chi connectivity index (χ0n) is 15.4. The molecule has 2 aromatic carbocycles. The van der Waals surface area contributed by atoms with Crippen molar-refractivity contribution in [3.63, 3.8) is 0 Å². The molecule has 0 saturated carbocycles. The fourth-order valence-electron chi connectivity index (χ4n) is 2.86. The van der Waals surface area contributed by atoms with Gasteiger partial charge in [-0.3, -0.25) is 14.6 Å². The fraction of sp³-hybridized carbons (Fsp3) is 0.143. The molecule has 0 spiro atoms. The number of ether oxygens (including phenoxy) is 1. The maximum absolute atomic E-state index is 12.4. The number of carbonyl (C=O) groups is 2. The summed E-state index contributed by atoms with van der Waals surface area (Å²) in [4.78, 5) is 28.6. The van der Waals surface area contributed by atoms with Gasteiger partial charge in [-0.25, -0.2) is 5.43 Å². The van der Waals surface area contributed by atoms with Crippen molar-refractivity contribution in [1.82, 2.24) is 10.4 Å². The third kappa shape index (κ3) is 3.42. The third-order valence-electron chi connectivity index (χ3n) is 4.41. The van der Waals surface area contributed by atoms with Crippen molar-refractivity contribution < 1.29 is 14.3 Å². The van der Waals surface area contributed by atoms with Crippen molar-refractivity contribution in [2.45, 2.75) is 19.4 Å². The van der Waals surface area contributed by atoms with Crippen molar-refractivity contribution in [2.75, 3.05) is 5.32 Å². The van der Waals surface area contributed by atoms with Crippen molar-refractivity contribution >= 4 is 34.6 Å². The van der Waals surface area contributed by atoms with Gasteiger partial charge >= 0.3 is 0 Å². The van der Waals surface area contributed by atoms with E-state index < -0.39 is 5.60 Å². The summed E-state index contributed by atoms with van der Waals surface area (Å²) in [7, 11) is 0. The van der Waals surface area contributed by atoms with Crippen LogP contribution in [0.1, 0.15) is 29.8 Å². The molecular formula is C21H18N4O3. The van der Waals surface area contributed by atoms with Gasteiger partial charge < -0.3 is 10.1 Å². The summed E-state index contributed by atoms with van der Waals surface area (Å²) in [5, 5.41) is 7.76. The number of hydrogen-bond donors (Lipinski definition) is 2. The lowest BCUT2D eigenvalue weighted by atomic mass is 10.0. The Kier molecular flexibility index (Phi) is 4.27. The summed E-state index contributed by atoms with van der Waals surface area (Å²) in [5.41, 5.74) is 4.10. The van der Waals surface area contributed by atoms with Crippen molar-refractivity contribution in [3.05, 3.63) is 65.9 Å². The number of aromatic nitrogens is 1. The van der Waals surface area contributed by atoms with E-state index >= 15 is 0 Å². The van der Waals surface area contributed by atoms with Crippen LogP contribution in [-0.2, 0) is 4.79 Å². The number of carbonyl (C=O) groups excluding carboxylic acids is 2. The van der Waals surface area contributed by atoms with E-state index in [-0.39, 0.29) is 11.8 Å². The highest BCUT2D eigenvalue weighted by Gasteiger charge is 2.35. The molecule has 0 fully saturated rings. The lowest BCUT2D eigenvalue weighted by Gasteiger charge is -2.31. The molecule has 3 aromatic rings. The fourth-order valence-corrected chi connectivity index (χ4v) is 2.86. The molecule has 28 heavy (non-hydrogen) atoms. The van der Waals surface area contributed by atoms with Crippen molar-refractivity contribution in [1.29, 1.82) is 0 Å². The van der Waals surface area contributed by atoms with Gasteiger partial charge in [0.1, 0.15) is 5.75 Å². The number of nitrogens with zero attached hydrogens (tertiary/aromatic N) is 2. The van der Waals surface area contributed by atoms with Gasteiger partial charge in [0, 0.05) is 17.1 Å². The van der Waals surface area contributed by atoms with Gasteiger partial charge in [0.2, 0.25) is 0 Å². The van der Waals surface area contributed by atoms with Crippen LogP contribution in [0.4, 0.5) is 5.69 Å². The Morgan fingerprint density at radius 2 is 2.07 bits per heavy atom. The first-order valence-corrected chi connectivity index (χ1v) is 8.75. The Balaban J connectivity index is 1.47. The predicted octanol–water partition coefficient (Wildman–Crippen LogP) is 3.11. The topological polar surface area (TPSA) is 92.7 Å². The Morgan fingerprint density at radius 3 is 2.93 bits per heavy atom. The second kappa shape index (κ2) is 6.77. The van der Waals surface area contributed by atoms with Crippen LogP contribution in [0.15, 0.2) is 59.8 Å². The quantitative estimate of drug-likeness (QED) is 0.544. The van der Waals surface area contributed by atoms with Crippen LogP contribution in [-0.4, -0.2) is 28.6 Å². The number of pyridine rings is 1. The maximum Gasteiger partial charge on any atom is 0.271 e. The van der Waals surface area contributed by atoms with Crippen LogP contribution in [0.3, 0.4) is 0 Å². The molecule has 0 atom stereocenters. The van der Waals surface area contributed by atoms with Crippen LogP contribution >= 0.6 is 0 Å². The number of benzene rings is 2. The lowest BCUT2D eigenvalue weighted by Crippen LogP contribution is -2.45. The second-order valence-electron chi connectivity index (χ2n) is 6.93. The molecule has 1 aliphatic rings. The van der Waals surface area contributed by atoms with E-state index in [0.29, 0.717) is 17.0 Å². The Morgan fingerprint density at radius 1 is 1.21 bits per heavy atom. The van der Waals surface area contributed by atoms with Crippen molar-refractivity contribution in [2.24, 2.45) is 5.10 Å². The Labute approximate surface area is 161 Å². The predicted molar refractivity (Wildman–Crippen MR) is 107 cm³/mol. The van der Waals surface area contributed by atoms with Gasteiger partial charge in [0.15, 0.2) is 5.60 Å². The SMILES string of the molecule is CC1(C)Oc2ccc(C(=O)N/N=C/c3ccc4ncccc4c3)cc2NC1=O. The summed E-state index contributed by atoms with van der Waals surface area (Å²) in [5.74, 6) is -0.128. The molecule has 0 bridgehead atoms. The number of rotatable bonds is 3. The first-order valence-electron chi connectivity index (χ1n) is 8.75. The minimum atomic E-state index is -0.948. The van der Waals surface area contributed by atoms with E-state index in [1.807, 2.05) is 30.3 Å². The highest BCUT2D eigenvalue weighted by molar-refractivity contribution is 6.02. The van der Waals surface area contributed by atoms with E-state index in [9.17, 15) is 9.59 Å². The number of nitrogens with one attached hydrogen (secondary N) is 2. The van der Waals surface area contributed by atoms with Gasteiger partial charge in [-0.1, -0.05) is 12.1 Å². The largest absolute Gasteiger partial charge is 0.476 e. The Bertz CT molecular complexity index is 1120. The molecule has 1 aliphatic heterocycles. The number of fused-ring (bicyclic) bond motifs is 2. The summed E-state index contributed by atoms with van der Waals surface area (Å²) in [6.07, 6.45) is 3.31. The molecule has 2 amide bonds. The van der Waals surface area contributed by atoms with E-state index in [2.05, 4.69) is 20.8 Å². The molecule has 7 nitrogen and oxygen atoms in total. The number of hydrazone groups is 1. The van der Waals surface area contributed by atoms with E-state index in [0.717, 1.165) is 16.5 Å². The first-order chi connectivity index (χ1) is 13.4. The summed E-state index contributed by atoms with van der Waals surface area (Å²) in [6, 6.07) is 14.4. The van der Waals surface area contributed by atoms with Gasteiger partial charge in [-0.05, 0) is 55.8 Å². The van der Waals surface area contributed by atoms with Gasteiger partial charge in [-0.15, -0.1) is 0 Å². The minimum Gasteiger partial charge on any atom is -0.476 e. The normalized spacial score (nSPS) is 15.0. The number of hydrogen-bond acceptors (Lipinski definition) is 5. The highest BCUT2D eigenvalue weighted by Crippen LogP contribution is 2.34. The highest BCUT2D eigenvalue weighted by atomic mass is 16.5. The first kappa shape index (κ1) is 17.7. The Hall–Kier alpha value is -3.74. The summed E-state index contributed by atoms with van der Waals surface area (Å²) in [6.45, 7) is 3.37. The van der Waals surface area contributed by atoms with Crippen LogP contribution in [0, 0.1) is 0 Å². The van der Waals surface area contributed by atoms with Crippen molar-refractivity contribution in [3.8, 4) is 5.75 Å². The molecule has 0 saturated heterocycles. The van der Waals surface area contributed by atoms with Crippen LogP contribution in [0.25, 0.3) is 10.9 Å². The molecular weight excluding hydrogens is 356 g/mol. The molecule has 0 unspecified atom stereocenters. The molecule has 0 radical (unpaired) electrons. The smallest absolute Gasteiger partial charge is 0.271 e. The van der Waals surface area contributed by atoms with E-state index in [4.69, 9.17) is 4.74 Å². The summed E-state index contributed by atoms with van der Waals surface area (Å²) >= 11 is 0. The lowest BCUT2D eigenvalue weighted by molar-refractivity contribution is -0.129. The number of amides is 2. The molecule has 2 heterocycles. The molecule has 7 heteroatoms. The van der Waals surface area contributed by atoms with E-state index in [1.54, 1.807) is 44.5 Å². The van der Waals surface area contributed by atoms with Crippen LogP contribution in [0.5, 0.6) is 5.75 Å². The average Bonchev–Trinajstić information content (AvgIpc) is 2.68. The average molecular weight is 374 g/mol.